The summed E-state index contributed by atoms with van der Waals surface area (Å²) in [6, 6.07) is 0.942. The number of nitrogens with zero attached hydrogens (tertiary/aromatic N) is 3. The van der Waals surface area contributed by atoms with Crippen LogP contribution in [0.4, 0.5) is 0 Å². The van der Waals surface area contributed by atoms with Crippen molar-refractivity contribution in [3.63, 3.8) is 0 Å². The van der Waals surface area contributed by atoms with Crippen LogP contribution in [0.2, 0.25) is 0 Å². The highest BCUT2D eigenvalue weighted by atomic mass is 16.1. The standard InChI is InChI=1S/C20H34N4O/c1-14(2)8-11-18-22-23-19(24(18)16-9-10-16)12-13-20(25)21-17-7-5-4-6-15(17)3/h14-17H,4-13H2,1-3H3,(H,21,25). The summed E-state index contributed by atoms with van der Waals surface area (Å²) in [5.74, 6) is 3.58. The van der Waals surface area contributed by atoms with Crippen molar-refractivity contribution in [2.45, 2.75) is 97.1 Å². The molecule has 1 amide bonds. The predicted octanol–water partition coefficient (Wildman–Crippen LogP) is 3.83. The van der Waals surface area contributed by atoms with Gasteiger partial charge in [0.05, 0.1) is 0 Å². The van der Waals surface area contributed by atoms with Crippen LogP contribution in [0.3, 0.4) is 0 Å². The maximum atomic E-state index is 12.4. The van der Waals surface area contributed by atoms with Crippen molar-refractivity contribution >= 4 is 5.91 Å². The van der Waals surface area contributed by atoms with E-state index in [9.17, 15) is 4.79 Å². The normalized spacial score (nSPS) is 23.8. The van der Waals surface area contributed by atoms with Crippen molar-refractivity contribution in [2.24, 2.45) is 11.8 Å². The molecule has 2 saturated carbocycles. The zero-order valence-electron chi connectivity index (χ0n) is 16.1. The second kappa shape index (κ2) is 8.33. The summed E-state index contributed by atoms with van der Waals surface area (Å²) in [6.45, 7) is 6.75. The Hall–Kier alpha value is -1.39. The smallest absolute Gasteiger partial charge is 0.220 e. The van der Waals surface area contributed by atoms with Gasteiger partial charge in [-0.25, -0.2) is 0 Å². The Morgan fingerprint density at radius 2 is 1.80 bits per heavy atom. The van der Waals surface area contributed by atoms with Gasteiger partial charge in [-0.3, -0.25) is 4.79 Å². The predicted molar refractivity (Wildman–Crippen MR) is 99.3 cm³/mol. The first-order valence-electron chi connectivity index (χ1n) is 10.3. The van der Waals surface area contributed by atoms with Crippen LogP contribution in [0.25, 0.3) is 0 Å². The number of rotatable bonds is 8. The number of nitrogens with one attached hydrogen (secondary N) is 1. The molecule has 140 valence electrons. The lowest BCUT2D eigenvalue weighted by Gasteiger charge is -2.29. The Balaban J connectivity index is 1.54. The quantitative estimate of drug-likeness (QED) is 0.778. The van der Waals surface area contributed by atoms with Crippen molar-refractivity contribution in [2.75, 3.05) is 0 Å². The molecule has 2 aliphatic rings. The lowest BCUT2D eigenvalue weighted by Crippen LogP contribution is -2.41. The number of amides is 1. The first kappa shape index (κ1) is 18.4. The monoisotopic (exact) mass is 346 g/mol. The molecule has 5 heteroatoms. The van der Waals surface area contributed by atoms with Gasteiger partial charge >= 0.3 is 0 Å². The lowest BCUT2D eigenvalue weighted by molar-refractivity contribution is -0.122. The highest BCUT2D eigenvalue weighted by Crippen LogP contribution is 2.37. The molecular formula is C20H34N4O. The van der Waals surface area contributed by atoms with E-state index in [1.165, 1.54) is 32.1 Å². The number of aromatic nitrogens is 3. The summed E-state index contributed by atoms with van der Waals surface area (Å²) in [5.41, 5.74) is 0. The third-order valence-electron chi connectivity index (χ3n) is 5.73. The van der Waals surface area contributed by atoms with Crippen LogP contribution < -0.4 is 5.32 Å². The van der Waals surface area contributed by atoms with Gasteiger partial charge in [-0.15, -0.1) is 10.2 Å². The molecular weight excluding hydrogens is 312 g/mol. The molecule has 2 unspecified atom stereocenters. The van der Waals surface area contributed by atoms with Crippen LogP contribution in [0.15, 0.2) is 0 Å². The molecule has 5 nitrogen and oxygen atoms in total. The first-order valence-corrected chi connectivity index (χ1v) is 10.3. The summed E-state index contributed by atoms with van der Waals surface area (Å²) in [4.78, 5) is 12.4. The van der Waals surface area contributed by atoms with Crippen LogP contribution in [0, 0.1) is 11.8 Å². The summed E-state index contributed by atoms with van der Waals surface area (Å²) in [6.07, 6.45) is 10.7. The molecule has 1 heterocycles. The van der Waals surface area contributed by atoms with Gasteiger partial charge in [-0.2, -0.15) is 0 Å². The molecule has 0 saturated heterocycles. The van der Waals surface area contributed by atoms with Crippen LogP contribution in [0.1, 0.15) is 89.8 Å². The van der Waals surface area contributed by atoms with Crippen molar-refractivity contribution in [1.29, 1.82) is 0 Å². The van der Waals surface area contributed by atoms with E-state index in [4.69, 9.17) is 0 Å². The van der Waals surface area contributed by atoms with Gasteiger partial charge in [0.2, 0.25) is 5.91 Å². The van der Waals surface area contributed by atoms with E-state index >= 15 is 0 Å². The summed E-state index contributed by atoms with van der Waals surface area (Å²) >= 11 is 0. The molecule has 1 aromatic rings. The minimum atomic E-state index is 0.174. The fourth-order valence-corrected chi connectivity index (χ4v) is 3.91. The van der Waals surface area contributed by atoms with Crippen molar-refractivity contribution in [3.05, 3.63) is 11.6 Å². The Kier molecular flexibility index (Phi) is 6.13. The summed E-state index contributed by atoms with van der Waals surface area (Å²) < 4.78 is 2.33. The molecule has 25 heavy (non-hydrogen) atoms. The first-order chi connectivity index (χ1) is 12.0. The Morgan fingerprint density at radius 1 is 1.12 bits per heavy atom. The van der Waals surface area contributed by atoms with Gasteiger partial charge in [0.15, 0.2) is 0 Å². The fraction of sp³-hybridized carbons (Fsp3) is 0.850. The van der Waals surface area contributed by atoms with Gasteiger partial charge in [-0.1, -0.05) is 33.6 Å². The van der Waals surface area contributed by atoms with E-state index in [2.05, 4.69) is 40.9 Å². The van der Waals surface area contributed by atoms with Crippen LogP contribution in [-0.2, 0) is 17.6 Å². The minimum absolute atomic E-state index is 0.174. The maximum absolute atomic E-state index is 12.4. The van der Waals surface area contributed by atoms with Crippen LogP contribution in [-0.4, -0.2) is 26.7 Å². The Labute approximate surface area is 152 Å². The van der Waals surface area contributed by atoms with E-state index in [0.29, 0.717) is 36.8 Å². The van der Waals surface area contributed by atoms with Crippen molar-refractivity contribution in [1.82, 2.24) is 20.1 Å². The summed E-state index contributed by atoms with van der Waals surface area (Å²) in [7, 11) is 0. The molecule has 0 aromatic carbocycles. The SMILES string of the molecule is CC(C)CCc1nnc(CCC(=O)NC2CCCCC2C)n1C1CC1. The number of carbonyl (C=O) groups excluding carboxylic acids is 1. The number of hydrogen-bond acceptors (Lipinski definition) is 3. The van der Waals surface area contributed by atoms with Crippen molar-refractivity contribution in [3.8, 4) is 0 Å². The third kappa shape index (κ3) is 5.05. The summed E-state index contributed by atoms with van der Waals surface area (Å²) in [5, 5.41) is 12.1. The van der Waals surface area contributed by atoms with Crippen molar-refractivity contribution < 1.29 is 4.79 Å². The second-order valence-electron chi connectivity index (χ2n) is 8.50. The molecule has 1 aromatic heterocycles. The van der Waals surface area contributed by atoms with Gasteiger partial charge in [-0.05, 0) is 43.9 Å². The van der Waals surface area contributed by atoms with E-state index in [-0.39, 0.29) is 5.91 Å². The number of carbonyl (C=O) groups is 1. The molecule has 2 fully saturated rings. The van der Waals surface area contributed by atoms with Gasteiger partial charge in [0.25, 0.3) is 0 Å². The zero-order chi connectivity index (χ0) is 17.8. The molecule has 3 rings (SSSR count). The molecule has 0 bridgehead atoms. The van der Waals surface area contributed by atoms with Crippen LogP contribution in [0.5, 0.6) is 0 Å². The van der Waals surface area contributed by atoms with Gasteiger partial charge < -0.3 is 9.88 Å². The number of aryl methyl sites for hydroxylation is 2. The molecule has 2 aliphatic carbocycles. The fourth-order valence-electron chi connectivity index (χ4n) is 3.91. The maximum Gasteiger partial charge on any atom is 0.220 e. The average molecular weight is 347 g/mol. The Morgan fingerprint density at radius 3 is 2.44 bits per heavy atom. The molecule has 0 spiro atoms. The van der Waals surface area contributed by atoms with Gasteiger partial charge in [0.1, 0.15) is 11.6 Å². The van der Waals surface area contributed by atoms with Crippen LogP contribution >= 0.6 is 0 Å². The second-order valence-corrected chi connectivity index (χ2v) is 8.50. The molecule has 0 radical (unpaired) electrons. The van der Waals surface area contributed by atoms with E-state index in [0.717, 1.165) is 30.9 Å². The third-order valence-corrected chi connectivity index (χ3v) is 5.73. The average Bonchev–Trinajstić information content (AvgIpc) is 3.33. The topological polar surface area (TPSA) is 59.8 Å². The highest BCUT2D eigenvalue weighted by Gasteiger charge is 2.29. The Bertz CT molecular complexity index is 576. The van der Waals surface area contributed by atoms with E-state index in [1.54, 1.807) is 0 Å². The highest BCUT2D eigenvalue weighted by molar-refractivity contribution is 5.76. The minimum Gasteiger partial charge on any atom is -0.353 e. The molecule has 1 N–H and O–H groups in total. The number of hydrogen-bond donors (Lipinski definition) is 1. The molecule has 2 atom stereocenters. The molecule has 0 aliphatic heterocycles. The largest absolute Gasteiger partial charge is 0.353 e. The zero-order valence-corrected chi connectivity index (χ0v) is 16.1. The van der Waals surface area contributed by atoms with Gasteiger partial charge in [0, 0.05) is 31.3 Å². The van der Waals surface area contributed by atoms with E-state index in [1.807, 2.05) is 0 Å². The van der Waals surface area contributed by atoms with E-state index < -0.39 is 0 Å². The lowest BCUT2D eigenvalue weighted by atomic mass is 9.86.